The second-order valence-corrected chi connectivity index (χ2v) is 7.10. The van der Waals surface area contributed by atoms with Crippen molar-refractivity contribution in [2.45, 2.75) is 56.6 Å². The molecule has 0 aromatic carbocycles. The van der Waals surface area contributed by atoms with Crippen molar-refractivity contribution in [3.8, 4) is 0 Å². The molecule has 2 aliphatic heterocycles. The molecule has 1 atom stereocenters. The summed E-state index contributed by atoms with van der Waals surface area (Å²) in [7, 11) is 0. The minimum atomic E-state index is 0.193. The Bertz CT molecular complexity index is 384. The summed E-state index contributed by atoms with van der Waals surface area (Å²) >= 11 is 0. The highest BCUT2D eigenvalue weighted by molar-refractivity contribution is 5.77. The van der Waals surface area contributed by atoms with Gasteiger partial charge in [0.15, 0.2) is 5.96 Å². The molecular formula is C17H32N4O2. The predicted molar refractivity (Wildman–Crippen MR) is 91.7 cm³/mol. The maximum atomic E-state index is 6.10. The average Bonchev–Trinajstić information content (AvgIpc) is 3.13. The minimum absolute atomic E-state index is 0.193. The molecule has 6 heteroatoms. The summed E-state index contributed by atoms with van der Waals surface area (Å²) in [5.41, 5.74) is 6.29. The highest BCUT2D eigenvalue weighted by atomic mass is 16.5. The van der Waals surface area contributed by atoms with Crippen molar-refractivity contribution in [3.63, 3.8) is 0 Å². The lowest BCUT2D eigenvalue weighted by Crippen LogP contribution is -2.56. The summed E-state index contributed by atoms with van der Waals surface area (Å²) in [6.07, 6.45) is 8.99. The quantitative estimate of drug-likeness (QED) is 0.585. The molecule has 3 rings (SSSR count). The Balaban J connectivity index is 1.55. The highest BCUT2D eigenvalue weighted by Gasteiger charge is 2.38. The smallest absolute Gasteiger partial charge is 0.188 e. The van der Waals surface area contributed by atoms with Gasteiger partial charge in [-0.25, -0.2) is 0 Å². The van der Waals surface area contributed by atoms with E-state index in [1.54, 1.807) is 0 Å². The molecule has 1 aliphatic carbocycles. The third kappa shape index (κ3) is 4.58. The van der Waals surface area contributed by atoms with Crippen LogP contribution in [0.15, 0.2) is 4.99 Å². The fourth-order valence-electron chi connectivity index (χ4n) is 4.13. The summed E-state index contributed by atoms with van der Waals surface area (Å²) in [5.74, 6) is 0.568. The van der Waals surface area contributed by atoms with E-state index >= 15 is 0 Å². The first-order valence-electron chi connectivity index (χ1n) is 9.27. The number of nitrogens with two attached hydrogens (primary N) is 1. The van der Waals surface area contributed by atoms with Crippen molar-refractivity contribution < 1.29 is 9.47 Å². The van der Waals surface area contributed by atoms with Crippen LogP contribution in [0.5, 0.6) is 0 Å². The second kappa shape index (κ2) is 8.31. The Morgan fingerprint density at radius 3 is 2.61 bits per heavy atom. The highest BCUT2D eigenvalue weighted by Crippen LogP contribution is 2.34. The van der Waals surface area contributed by atoms with Gasteiger partial charge in [0.2, 0.25) is 0 Å². The van der Waals surface area contributed by atoms with Crippen LogP contribution in [-0.4, -0.2) is 68.5 Å². The molecule has 0 amide bonds. The number of morpholine rings is 1. The van der Waals surface area contributed by atoms with E-state index < -0.39 is 0 Å². The van der Waals surface area contributed by atoms with Gasteiger partial charge < -0.3 is 20.5 Å². The zero-order valence-corrected chi connectivity index (χ0v) is 14.3. The van der Waals surface area contributed by atoms with E-state index in [4.69, 9.17) is 20.2 Å². The number of nitrogens with zero attached hydrogens (tertiary/aromatic N) is 2. The first-order valence-corrected chi connectivity index (χ1v) is 9.27. The summed E-state index contributed by atoms with van der Waals surface area (Å²) in [6, 6.07) is 0. The van der Waals surface area contributed by atoms with Crippen LogP contribution in [0, 0.1) is 0 Å². The number of hydrogen-bond donors (Lipinski definition) is 2. The zero-order chi connectivity index (χ0) is 16.0. The fourth-order valence-corrected chi connectivity index (χ4v) is 4.13. The minimum Gasteiger partial charge on any atom is -0.379 e. The van der Waals surface area contributed by atoms with Crippen molar-refractivity contribution in [2.75, 3.05) is 46.0 Å². The van der Waals surface area contributed by atoms with Crippen molar-refractivity contribution >= 4 is 5.96 Å². The summed E-state index contributed by atoms with van der Waals surface area (Å²) in [4.78, 5) is 7.31. The van der Waals surface area contributed by atoms with Crippen molar-refractivity contribution in [2.24, 2.45) is 10.7 Å². The van der Waals surface area contributed by atoms with Crippen LogP contribution in [0.2, 0.25) is 0 Å². The largest absolute Gasteiger partial charge is 0.379 e. The lowest BCUT2D eigenvalue weighted by molar-refractivity contribution is -0.0333. The SMILES string of the molecule is NC(=NCC1(N2CCOCC2)CCCCC1)NCC1CCCO1. The molecule has 0 radical (unpaired) electrons. The van der Waals surface area contributed by atoms with Crippen LogP contribution in [0.1, 0.15) is 44.9 Å². The first-order chi connectivity index (χ1) is 11.3. The van der Waals surface area contributed by atoms with Gasteiger partial charge >= 0.3 is 0 Å². The Morgan fingerprint density at radius 1 is 1.13 bits per heavy atom. The van der Waals surface area contributed by atoms with Crippen LogP contribution in [-0.2, 0) is 9.47 Å². The second-order valence-electron chi connectivity index (χ2n) is 7.10. The number of rotatable bonds is 5. The van der Waals surface area contributed by atoms with Gasteiger partial charge in [0, 0.05) is 31.8 Å². The van der Waals surface area contributed by atoms with Crippen molar-refractivity contribution in [3.05, 3.63) is 0 Å². The number of guanidine groups is 1. The Labute approximate surface area is 139 Å². The molecule has 132 valence electrons. The Hall–Kier alpha value is -0.850. The third-order valence-electron chi connectivity index (χ3n) is 5.54. The number of hydrogen-bond acceptors (Lipinski definition) is 4. The molecule has 1 unspecified atom stereocenters. The van der Waals surface area contributed by atoms with E-state index in [-0.39, 0.29) is 5.54 Å². The van der Waals surface area contributed by atoms with Gasteiger partial charge in [0.25, 0.3) is 0 Å². The van der Waals surface area contributed by atoms with E-state index in [9.17, 15) is 0 Å². The summed E-state index contributed by atoms with van der Waals surface area (Å²) in [6.45, 7) is 6.20. The van der Waals surface area contributed by atoms with Gasteiger partial charge in [-0.3, -0.25) is 9.89 Å². The topological polar surface area (TPSA) is 72.1 Å². The molecule has 23 heavy (non-hydrogen) atoms. The van der Waals surface area contributed by atoms with Crippen LogP contribution in [0.4, 0.5) is 0 Å². The molecule has 3 N–H and O–H groups in total. The molecular weight excluding hydrogens is 292 g/mol. The van der Waals surface area contributed by atoms with Crippen LogP contribution < -0.4 is 11.1 Å². The normalized spacial score (nSPS) is 29.6. The van der Waals surface area contributed by atoms with Gasteiger partial charge in [-0.1, -0.05) is 19.3 Å². The molecule has 0 aromatic heterocycles. The molecule has 0 spiro atoms. The molecule has 0 bridgehead atoms. The lowest BCUT2D eigenvalue weighted by Gasteiger charge is -2.47. The molecule has 2 saturated heterocycles. The van der Waals surface area contributed by atoms with Crippen LogP contribution in [0.25, 0.3) is 0 Å². The first kappa shape index (κ1) is 17.0. The fraction of sp³-hybridized carbons (Fsp3) is 0.941. The van der Waals surface area contributed by atoms with E-state index in [0.717, 1.165) is 58.8 Å². The summed E-state index contributed by atoms with van der Waals surface area (Å²) in [5, 5.41) is 3.24. The molecule has 0 aromatic rings. The predicted octanol–water partition coefficient (Wildman–Crippen LogP) is 1.10. The zero-order valence-electron chi connectivity index (χ0n) is 14.3. The van der Waals surface area contributed by atoms with Crippen LogP contribution >= 0.6 is 0 Å². The van der Waals surface area contributed by atoms with Gasteiger partial charge in [0.1, 0.15) is 0 Å². The summed E-state index contributed by atoms with van der Waals surface area (Å²) < 4.78 is 11.1. The van der Waals surface area contributed by atoms with E-state index in [2.05, 4.69) is 10.2 Å². The molecule has 3 fully saturated rings. The van der Waals surface area contributed by atoms with E-state index in [1.807, 2.05) is 0 Å². The van der Waals surface area contributed by atoms with Crippen LogP contribution in [0.3, 0.4) is 0 Å². The maximum Gasteiger partial charge on any atom is 0.188 e. The van der Waals surface area contributed by atoms with E-state index in [1.165, 1.54) is 32.1 Å². The van der Waals surface area contributed by atoms with Crippen molar-refractivity contribution in [1.29, 1.82) is 0 Å². The molecule has 3 aliphatic rings. The number of nitrogens with one attached hydrogen (secondary N) is 1. The molecule has 6 nitrogen and oxygen atoms in total. The van der Waals surface area contributed by atoms with E-state index in [0.29, 0.717) is 12.1 Å². The molecule has 1 saturated carbocycles. The Kier molecular flexibility index (Phi) is 6.14. The average molecular weight is 324 g/mol. The van der Waals surface area contributed by atoms with Gasteiger partial charge in [0.05, 0.1) is 25.9 Å². The number of aliphatic imine (C=N–C) groups is 1. The van der Waals surface area contributed by atoms with Crippen molar-refractivity contribution in [1.82, 2.24) is 10.2 Å². The Morgan fingerprint density at radius 2 is 1.91 bits per heavy atom. The third-order valence-corrected chi connectivity index (χ3v) is 5.54. The lowest BCUT2D eigenvalue weighted by atomic mass is 9.80. The number of ether oxygens (including phenoxy) is 2. The maximum absolute atomic E-state index is 6.10. The van der Waals surface area contributed by atoms with Gasteiger partial charge in [-0.2, -0.15) is 0 Å². The van der Waals surface area contributed by atoms with Gasteiger partial charge in [-0.05, 0) is 25.7 Å². The monoisotopic (exact) mass is 324 g/mol. The molecule has 2 heterocycles. The van der Waals surface area contributed by atoms with Gasteiger partial charge in [-0.15, -0.1) is 0 Å². The standard InChI is InChI=1S/C17H32N4O2/c18-16(19-13-15-5-4-10-23-15)20-14-17(6-2-1-3-7-17)21-8-11-22-12-9-21/h15H,1-14H2,(H3,18,19,20).